The minimum absolute atomic E-state index is 0. The standard InChI is InChI=1S/2Nb.9O2.2Ti/c;;9*1-2;;/q2*+5;9*-2;2*+4. The molecule has 0 aromatic heterocycles. The molecule has 0 spiro atoms. The first-order valence-electron chi connectivity index (χ1n) is 1.50. The van der Waals surface area contributed by atoms with Gasteiger partial charge in [-0.05, 0) is 0 Å². The van der Waals surface area contributed by atoms with Gasteiger partial charge in [0.1, 0.15) is 0 Å². The van der Waals surface area contributed by atoms with Crippen molar-refractivity contribution in [3.05, 3.63) is 0 Å². The fourth-order valence-electron chi connectivity index (χ4n) is 0. The maximum absolute atomic E-state index is 7.00. The van der Waals surface area contributed by atoms with Crippen molar-refractivity contribution in [2.45, 2.75) is 0 Å². The Morgan fingerprint density at radius 3 is 0.182 bits per heavy atom. The Labute approximate surface area is 181 Å². The van der Waals surface area contributed by atoms with Crippen LogP contribution in [0.3, 0.4) is 0 Å². The van der Waals surface area contributed by atoms with Gasteiger partial charge in [0.2, 0.25) is 0 Å². The summed E-state index contributed by atoms with van der Waals surface area (Å²) in [6.45, 7) is 0. The van der Waals surface area contributed by atoms with Crippen LogP contribution < -0.4 is 94.6 Å². The zero-order valence-electron chi connectivity index (χ0n) is 9.24. The molecule has 0 aliphatic rings. The first-order chi connectivity index (χ1) is 9.00. The molecule has 22 heavy (non-hydrogen) atoms. The normalized spacial score (nSPS) is 2.45. The van der Waals surface area contributed by atoms with E-state index in [0.717, 1.165) is 0 Å². The van der Waals surface area contributed by atoms with Gasteiger partial charge in [0.05, 0.1) is 0 Å². The van der Waals surface area contributed by atoms with Crippen LogP contribution in [0.4, 0.5) is 0 Å². The minimum atomic E-state index is 0. The summed E-state index contributed by atoms with van der Waals surface area (Å²) in [4.78, 5) is 0. The Kier molecular flexibility index (Phi) is 11300. The van der Waals surface area contributed by atoms with Crippen molar-refractivity contribution in [1.29, 1.82) is 0 Å². The van der Waals surface area contributed by atoms with Crippen LogP contribution in [-0.4, -0.2) is 0 Å². The van der Waals surface area contributed by atoms with Gasteiger partial charge in [-0.2, -0.15) is 0 Å². The predicted octanol–water partition coefficient (Wildman–Crippen LogP) is -21.4. The van der Waals surface area contributed by atoms with Crippen LogP contribution in [0.5, 0.6) is 0 Å². The fourth-order valence-corrected chi connectivity index (χ4v) is 0. The Morgan fingerprint density at radius 2 is 0.182 bits per heavy atom. The van der Waals surface area contributed by atoms with Crippen LogP contribution in [0.15, 0.2) is 0 Å². The molecule has 0 aromatic rings. The zero-order valence-corrected chi connectivity index (χ0v) is 16.8. The van der Waals surface area contributed by atoms with E-state index in [2.05, 4.69) is 0 Å². The van der Waals surface area contributed by atoms with Crippen molar-refractivity contribution in [3.8, 4) is 0 Å². The van der Waals surface area contributed by atoms with Crippen LogP contribution in [0.2, 0.25) is 0 Å². The largest absolute Gasteiger partial charge is 5.00 e. The van der Waals surface area contributed by atoms with Crippen molar-refractivity contribution >= 4 is 0 Å². The topological polar surface area (TPSA) is 415 Å². The van der Waals surface area contributed by atoms with Gasteiger partial charge in [0, 0.05) is 0 Å². The van der Waals surface area contributed by atoms with Crippen LogP contribution in [0.1, 0.15) is 0 Å². The summed E-state index contributed by atoms with van der Waals surface area (Å²) in [6.07, 6.45) is 0. The van der Waals surface area contributed by atoms with E-state index in [1.807, 2.05) is 0 Å². The molecule has 126 valence electrons. The maximum atomic E-state index is 7.00. The first kappa shape index (κ1) is 104. The van der Waals surface area contributed by atoms with Crippen LogP contribution in [0, 0.1) is 0 Å². The number of hydrogen-bond acceptors (Lipinski definition) is 18. The van der Waals surface area contributed by atoms with E-state index in [1.165, 1.54) is 0 Å². The average molecular weight is 570 g/mol. The molecule has 0 atom stereocenters. The molecule has 0 saturated carbocycles. The van der Waals surface area contributed by atoms with Crippen molar-refractivity contribution in [3.63, 3.8) is 0 Å². The van der Waals surface area contributed by atoms with E-state index in [9.17, 15) is 0 Å². The summed E-state index contributed by atoms with van der Waals surface area (Å²) < 4.78 is 0. The van der Waals surface area contributed by atoms with Crippen molar-refractivity contribution < 1.29 is 183 Å². The zero-order chi connectivity index (χ0) is 18.0. The Morgan fingerprint density at radius 1 is 0.182 bits per heavy atom. The summed E-state index contributed by atoms with van der Waals surface area (Å²) in [5.74, 6) is 0. The summed E-state index contributed by atoms with van der Waals surface area (Å²) in [5.41, 5.74) is 0. The van der Waals surface area contributed by atoms with Crippen LogP contribution >= 0.6 is 0 Å². The van der Waals surface area contributed by atoms with Crippen molar-refractivity contribution in [2.24, 2.45) is 0 Å². The van der Waals surface area contributed by atoms with Gasteiger partial charge in [-0.15, -0.1) is 0 Å². The quantitative estimate of drug-likeness (QED) is 0.148. The second-order valence-corrected chi connectivity index (χ2v) is 0. The Balaban J connectivity index is -0.00000000368. The molecule has 0 aromatic carbocycles. The molecule has 0 fully saturated rings. The molecule has 0 bridgehead atoms. The maximum Gasteiger partial charge on any atom is 5.00 e. The third-order valence-electron chi connectivity index (χ3n) is 0. The molecule has 0 aliphatic heterocycles. The van der Waals surface area contributed by atoms with Crippen LogP contribution in [-0.2, 0) is 88.2 Å². The molecular formula is Nb2O18Ti2. The van der Waals surface area contributed by atoms with E-state index in [0.29, 0.717) is 0 Å². The van der Waals surface area contributed by atoms with E-state index < -0.39 is 0 Å². The van der Waals surface area contributed by atoms with Gasteiger partial charge in [-0.3, -0.25) is 0 Å². The molecule has 0 unspecified atom stereocenters. The SMILES string of the molecule is [Nb+5].[Nb+5].[O-][O-].[O-][O-].[O-][O-].[O-][O-].[O-][O-].[O-][O-].[O-][O-].[O-][O-].[O-][O-].[Ti+4].[Ti+4]. The average Bonchev–Trinajstić information content (AvgIpc) is 2.63. The second-order valence-electron chi connectivity index (χ2n) is 0. The minimum Gasteiger partial charge on any atom is -1.00 e. The molecule has 0 heterocycles. The molecular weight excluding hydrogens is 570 g/mol. The van der Waals surface area contributed by atoms with Gasteiger partial charge in [0.15, 0.2) is 0 Å². The summed E-state index contributed by atoms with van der Waals surface area (Å²) in [6, 6.07) is 0. The molecule has 0 N–H and O–H groups in total. The molecule has 22 heteroatoms. The van der Waals surface area contributed by atoms with E-state index in [-0.39, 0.29) is 88.2 Å². The van der Waals surface area contributed by atoms with E-state index in [1.54, 1.807) is 0 Å². The van der Waals surface area contributed by atoms with Gasteiger partial charge in [0.25, 0.3) is 0 Å². The summed E-state index contributed by atoms with van der Waals surface area (Å²) >= 11 is 0. The summed E-state index contributed by atoms with van der Waals surface area (Å²) in [5, 5.41) is 126. The third kappa shape index (κ3) is 2080. The third-order valence-corrected chi connectivity index (χ3v) is 0. The molecule has 0 saturated heterocycles. The summed E-state index contributed by atoms with van der Waals surface area (Å²) in [7, 11) is 0. The number of hydrogen-bond donors (Lipinski definition) is 0. The number of rotatable bonds is 0. The monoisotopic (exact) mass is 570 g/mol. The molecule has 0 amide bonds. The van der Waals surface area contributed by atoms with Crippen molar-refractivity contribution in [2.75, 3.05) is 0 Å². The molecule has 18 nitrogen and oxygen atoms in total. The molecule has 0 rings (SSSR count). The van der Waals surface area contributed by atoms with Gasteiger partial charge < -0.3 is 94.6 Å². The molecule has 0 radical (unpaired) electrons. The predicted molar refractivity (Wildman–Crippen MR) is 0 cm³/mol. The molecule has 0 aliphatic carbocycles. The smallest absolute Gasteiger partial charge is 1.00 e. The van der Waals surface area contributed by atoms with E-state index in [4.69, 9.17) is 94.6 Å². The van der Waals surface area contributed by atoms with Crippen molar-refractivity contribution in [1.82, 2.24) is 0 Å². The Hall–Kier alpha value is 2.19. The van der Waals surface area contributed by atoms with Gasteiger partial charge >= 0.3 is 88.2 Å². The van der Waals surface area contributed by atoms with Crippen LogP contribution in [0.25, 0.3) is 0 Å². The Bertz CT molecular complexity index is 19.0. The second kappa shape index (κ2) is 2380. The van der Waals surface area contributed by atoms with Gasteiger partial charge in [-0.1, -0.05) is 0 Å². The first-order valence-corrected chi connectivity index (χ1v) is 1.50. The fraction of sp³-hybridized carbons (Fsp3) is 0. The van der Waals surface area contributed by atoms with Gasteiger partial charge in [-0.25, -0.2) is 0 Å². The van der Waals surface area contributed by atoms with E-state index >= 15 is 0 Å².